The van der Waals surface area contributed by atoms with Crippen molar-refractivity contribution >= 4 is 23.5 Å². The Morgan fingerprint density at radius 3 is 2.60 bits per heavy atom. The van der Waals surface area contributed by atoms with Gasteiger partial charge in [-0.2, -0.15) is 0 Å². The quantitative estimate of drug-likeness (QED) is 0.714. The van der Waals surface area contributed by atoms with Gasteiger partial charge in [0.25, 0.3) is 5.91 Å². The van der Waals surface area contributed by atoms with Crippen LogP contribution in [-0.2, 0) is 20.9 Å². The van der Waals surface area contributed by atoms with Crippen LogP contribution in [0.2, 0.25) is 0 Å². The normalized spacial score (nSPS) is 22.6. The van der Waals surface area contributed by atoms with Crippen molar-refractivity contribution < 1.29 is 23.9 Å². The minimum absolute atomic E-state index is 0.000963. The standard InChI is InChI=1S/C23H22N2O5/c1-29-19-9-5-2-6-15(19)14-30-22(28)23-13-12-20(26)25(23)18-8-4-3-7-17(18)21(27)24(23)16-10-11-16/h2-9,16H,10-14H2,1H3/t23-/m0/s1. The maximum atomic E-state index is 13.6. The van der Waals surface area contributed by atoms with Crippen LogP contribution >= 0.6 is 0 Å². The lowest BCUT2D eigenvalue weighted by Gasteiger charge is -2.48. The first kappa shape index (κ1) is 18.7. The van der Waals surface area contributed by atoms with E-state index in [0.717, 1.165) is 18.4 Å². The van der Waals surface area contributed by atoms with Gasteiger partial charge in [-0.15, -0.1) is 0 Å². The number of esters is 1. The van der Waals surface area contributed by atoms with Gasteiger partial charge in [-0.25, -0.2) is 4.79 Å². The fourth-order valence-corrected chi connectivity index (χ4v) is 4.59. The molecule has 2 fully saturated rings. The Kier molecular flexibility index (Phi) is 4.27. The van der Waals surface area contributed by atoms with E-state index in [1.165, 1.54) is 4.90 Å². The van der Waals surface area contributed by atoms with Gasteiger partial charge in [0.05, 0.1) is 18.4 Å². The molecule has 3 aliphatic rings. The summed E-state index contributed by atoms with van der Waals surface area (Å²) < 4.78 is 11.1. The Hall–Kier alpha value is -3.35. The van der Waals surface area contributed by atoms with Gasteiger partial charge in [0.15, 0.2) is 0 Å². The summed E-state index contributed by atoms with van der Waals surface area (Å²) in [5.74, 6) is -0.344. The van der Waals surface area contributed by atoms with Crippen LogP contribution < -0.4 is 9.64 Å². The molecule has 1 saturated carbocycles. The number of methoxy groups -OCH3 is 1. The number of ether oxygens (including phenoxy) is 2. The highest BCUT2D eigenvalue weighted by atomic mass is 16.5. The minimum atomic E-state index is -1.42. The highest BCUT2D eigenvalue weighted by molar-refractivity contribution is 6.15. The van der Waals surface area contributed by atoms with Crippen molar-refractivity contribution in [2.75, 3.05) is 12.0 Å². The fourth-order valence-electron chi connectivity index (χ4n) is 4.59. The maximum absolute atomic E-state index is 13.6. The Labute approximate surface area is 174 Å². The third-order valence-corrected chi connectivity index (χ3v) is 6.09. The molecule has 5 rings (SSSR count). The highest BCUT2D eigenvalue weighted by Crippen LogP contribution is 2.49. The third-order valence-electron chi connectivity index (χ3n) is 6.09. The fraction of sp³-hybridized carbons (Fsp3) is 0.348. The molecule has 7 heteroatoms. The van der Waals surface area contributed by atoms with Crippen LogP contribution in [-0.4, -0.2) is 41.5 Å². The Morgan fingerprint density at radius 2 is 1.83 bits per heavy atom. The highest BCUT2D eigenvalue weighted by Gasteiger charge is 2.64. The van der Waals surface area contributed by atoms with Gasteiger partial charge in [-0.1, -0.05) is 30.3 Å². The van der Waals surface area contributed by atoms with Crippen LogP contribution in [0.4, 0.5) is 5.69 Å². The zero-order chi connectivity index (χ0) is 20.9. The summed E-state index contributed by atoms with van der Waals surface area (Å²) in [5.41, 5.74) is 0.233. The number of anilines is 1. The first-order valence-electron chi connectivity index (χ1n) is 10.1. The molecule has 0 radical (unpaired) electrons. The van der Waals surface area contributed by atoms with E-state index in [2.05, 4.69) is 0 Å². The van der Waals surface area contributed by atoms with Crippen molar-refractivity contribution in [2.45, 2.75) is 44.0 Å². The van der Waals surface area contributed by atoms with Crippen LogP contribution in [0.3, 0.4) is 0 Å². The smallest absolute Gasteiger partial charge is 0.354 e. The van der Waals surface area contributed by atoms with E-state index in [4.69, 9.17) is 9.47 Å². The second kappa shape index (κ2) is 6.86. The number of hydrogen-bond acceptors (Lipinski definition) is 5. The van der Waals surface area contributed by atoms with Crippen molar-refractivity contribution in [3.63, 3.8) is 0 Å². The number of nitrogens with zero attached hydrogens (tertiary/aromatic N) is 2. The summed E-state index contributed by atoms with van der Waals surface area (Å²) in [5, 5.41) is 0. The van der Waals surface area contributed by atoms with Crippen LogP contribution in [0.1, 0.15) is 41.6 Å². The summed E-state index contributed by atoms with van der Waals surface area (Å²) >= 11 is 0. The van der Waals surface area contributed by atoms with E-state index < -0.39 is 11.6 Å². The Morgan fingerprint density at radius 1 is 1.10 bits per heavy atom. The number of carbonyl (C=O) groups is 3. The molecule has 1 atom stereocenters. The van der Waals surface area contributed by atoms with Crippen LogP contribution in [0.25, 0.3) is 0 Å². The summed E-state index contributed by atoms with van der Waals surface area (Å²) in [6.07, 6.45) is 2.05. The second-order valence-corrected chi connectivity index (χ2v) is 7.86. The summed E-state index contributed by atoms with van der Waals surface area (Å²) in [6.45, 7) is 0.000963. The maximum Gasteiger partial charge on any atom is 0.354 e. The number of carbonyl (C=O) groups excluding carboxylic acids is 3. The lowest BCUT2D eigenvalue weighted by Crippen LogP contribution is -2.69. The molecule has 0 bridgehead atoms. The molecule has 7 nitrogen and oxygen atoms in total. The zero-order valence-electron chi connectivity index (χ0n) is 16.7. The number of para-hydroxylation sites is 2. The molecule has 0 N–H and O–H groups in total. The molecule has 0 unspecified atom stereocenters. The predicted molar refractivity (Wildman–Crippen MR) is 108 cm³/mol. The number of fused-ring (bicyclic) bond motifs is 3. The van der Waals surface area contributed by atoms with Crippen molar-refractivity contribution in [2.24, 2.45) is 0 Å². The van der Waals surface area contributed by atoms with Gasteiger partial charge in [0, 0.05) is 24.4 Å². The largest absolute Gasteiger partial charge is 0.496 e. The van der Waals surface area contributed by atoms with E-state index in [1.54, 1.807) is 42.3 Å². The summed E-state index contributed by atoms with van der Waals surface area (Å²) in [6, 6.07) is 14.2. The lowest BCUT2D eigenvalue weighted by atomic mass is 9.96. The molecule has 1 aliphatic carbocycles. The monoisotopic (exact) mass is 406 g/mol. The van der Waals surface area contributed by atoms with Gasteiger partial charge in [0.1, 0.15) is 12.4 Å². The molecule has 2 aliphatic heterocycles. The van der Waals surface area contributed by atoms with E-state index in [9.17, 15) is 14.4 Å². The topological polar surface area (TPSA) is 76.1 Å². The molecule has 0 spiro atoms. The Bertz CT molecular complexity index is 1050. The van der Waals surface area contributed by atoms with Crippen molar-refractivity contribution in [3.05, 3.63) is 59.7 Å². The van der Waals surface area contributed by atoms with Crippen LogP contribution in [0.15, 0.2) is 48.5 Å². The molecule has 30 heavy (non-hydrogen) atoms. The first-order valence-corrected chi connectivity index (χ1v) is 10.1. The number of amides is 2. The number of rotatable bonds is 5. The molecule has 2 aromatic carbocycles. The SMILES string of the molecule is COc1ccccc1COC(=O)[C@]12CCC(=O)N1c1ccccc1C(=O)N2C1CC1. The van der Waals surface area contributed by atoms with E-state index >= 15 is 0 Å². The summed E-state index contributed by atoms with van der Waals surface area (Å²) in [4.78, 5) is 43.0. The third kappa shape index (κ3) is 2.61. The number of hydrogen-bond donors (Lipinski definition) is 0. The molecular weight excluding hydrogens is 384 g/mol. The van der Waals surface area contributed by atoms with Gasteiger partial charge in [-0.3, -0.25) is 14.5 Å². The average Bonchev–Trinajstić information content (AvgIpc) is 3.54. The van der Waals surface area contributed by atoms with Gasteiger partial charge < -0.3 is 14.4 Å². The molecule has 2 heterocycles. The molecule has 2 aromatic rings. The minimum Gasteiger partial charge on any atom is -0.496 e. The lowest BCUT2D eigenvalue weighted by molar-refractivity contribution is -0.159. The molecule has 0 aromatic heterocycles. The van der Waals surface area contributed by atoms with Crippen LogP contribution in [0.5, 0.6) is 5.75 Å². The predicted octanol–water partition coefficient (Wildman–Crippen LogP) is 2.88. The van der Waals surface area contributed by atoms with E-state index in [1.807, 2.05) is 18.2 Å². The van der Waals surface area contributed by atoms with Crippen molar-refractivity contribution in [3.8, 4) is 5.75 Å². The van der Waals surface area contributed by atoms with Crippen molar-refractivity contribution in [1.29, 1.82) is 0 Å². The Balaban J connectivity index is 1.55. The zero-order valence-corrected chi connectivity index (χ0v) is 16.7. The van der Waals surface area contributed by atoms with Gasteiger partial charge in [0.2, 0.25) is 11.6 Å². The summed E-state index contributed by atoms with van der Waals surface area (Å²) in [7, 11) is 1.56. The number of benzene rings is 2. The van der Waals surface area contributed by atoms with Crippen molar-refractivity contribution in [1.82, 2.24) is 4.90 Å². The molecule has 1 saturated heterocycles. The molecule has 2 amide bonds. The van der Waals surface area contributed by atoms with E-state index in [0.29, 0.717) is 17.0 Å². The van der Waals surface area contributed by atoms with E-state index in [-0.39, 0.29) is 37.3 Å². The van der Waals surface area contributed by atoms with Crippen LogP contribution in [0, 0.1) is 0 Å². The molecular formula is C23H22N2O5. The molecule has 154 valence electrons. The van der Waals surface area contributed by atoms with Gasteiger partial charge >= 0.3 is 5.97 Å². The average molecular weight is 406 g/mol. The first-order chi connectivity index (χ1) is 14.6. The van der Waals surface area contributed by atoms with Gasteiger partial charge in [-0.05, 0) is 31.0 Å². The second-order valence-electron chi connectivity index (χ2n) is 7.86.